The third-order valence-electron chi connectivity index (χ3n) is 2.84. The zero-order valence-electron chi connectivity index (χ0n) is 9.26. The Bertz CT molecular complexity index is 355. The average molecular weight is 261 g/mol. The Morgan fingerprint density at radius 1 is 1.24 bits per heavy atom. The molecular formula is C12H14F3NS. The predicted octanol–water partition coefficient (Wildman–Crippen LogP) is 3.45. The van der Waals surface area contributed by atoms with Gasteiger partial charge in [-0.1, -0.05) is 12.1 Å². The van der Waals surface area contributed by atoms with Crippen molar-refractivity contribution in [1.29, 1.82) is 0 Å². The van der Waals surface area contributed by atoms with Crippen LogP contribution in [0.1, 0.15) is 12.0 Å². The van der Waals surface area contributed by atoms with Crippen molar-refractivity contribution in [3.05, 3.63) is 29.8 Å². The summed E-state index contributed by atoms with van der Waals surface area (Å²) in [4.78, 5) is 0.255. The molecule has 1 nitrogen and oxygen atoms in total. The summed E-state index contributed by atoms with van der Waals surface area (Å²) in [6, 6.07) is 6.70. The van der Waals surface area contributed by atoms with E-state index in [0.29, 0.717) is 5.92 Å². The molecule has 0 amide bonds. The van der Waals surface area contributed by atoms with Gasteiger partial charge in [0.25, 0.3) is 0 Å². The first-order valence-corrected chi connectivity index (χ1v) is 6.40. The van der Waals surface area contributed by atoms with Crippen LogP contribution in [0.25, 0.3) is 0 Å². The van der Waals surface area contributed by atoms with E-state index < -0.39 is 5.51 Å². The van der Waals surface area contributed by atoms with E-state index in [-0.39, 0.29) is 16.7 Å². The number of nitrogens with one attached hydrogen (secondary N) is 1. The predicted molar refractivity (Wildman–Crippen MR) is 63.0 cm³/mol. The van der Waals surface area contributed by atoms with Gasteiger partial charge in [-0.3, -0.25) is 0 Å². The minimum Gasteiger partial charge on any atom is -0.316 e. The molecule has 0 saturated carbocycles. The molecule has 1 N–H and O–H groups in total. The summed E-state index contributed by atoms with van der Waals surface area (Å²) in [6.45, 7) is 2.06. The molecule has 2 rings (SSSR count). The maximum absolute atomic E-state index is 12.1. The fourth-order valence-corrected chi connectivity index (χ4v) is 2.59. The summed E-state index contributed by atoms with van der Waals surface area (Å²) in [6.07, 6.45) is 2.10. The van der Waals surface area contributed by atoms with Crippen LogP contribution in [0.15, 0.2) is 29.2 Å². The molecule has 1 aromatic carbocycles. The van der Waals surface area contributed by atoms with Crippen LogP contribution in [0.5, 0.6) is 0 Å². The Kier molecular flexibility index (Phi) is 3.99. The molecule has 1 atom stereocenters. The smallest absolute Gasteiger partial charge is 0.316 e. The van der Waals surface area contributed by atoms with Crippen molar-refractivity contribution in [2.24, 2.45) is 5.92 Å². The number of hydrogen-bond acceptors (Lipinski definition) is 2. The lowest BCUT2D eigenvalue weighted by molar-refractivity contribution is -0.0328. The molecule has 0 aromatic heterocycles. The SMILES string of the molecule is FC(F)(F)Sc1ccc(CC2CCNC2)cc1. The van der Waals surface area contributed by atoms with E-state index in [1.54, 1.807) is 24.3 Å². The van der Waals surface area contributed by atoms with E-state index in [1.807, 2.05) is 0 Å². The van der Waals surface area contributed by atoms with E-state index in [4.69, 9.17) is 0 Å². The summed E-state index contributed by atoms with van der Waals surface area (Å²) in [5.41, 5.74) is -3.08. The first kappa shape index (κ1) is 12.8. The molecule has 0 radical (unpaired) electrons. The van der Waals surface area contributed by atoms with Crippen molar-refractivity contribution in [2.75, 3.05) is 13.1 Å². The highest BCUT2D eigenvalue weighted by atomic mass is 32.2. The van der Waals surface area contributed by atoms with Crippen LogP contribution >= 0.6 is 11.8 Å². The van der Waals surface area contributed by atoms with Crippen LogP contribution in [0.3, 0.4) is 0 Å². The second kappa shape index (κ2) is 5.31. The minimum absolute atomic E-state index is 0.0602. The van der Waals surface area contributed by atoms with Gasteiger partial charge in [-0.25, -0.2) is 0 Å². The zero-order chi connectivity index (χ0) is 12.3. The molecule has 1 saturated heterocycles. The highest BCUT2D eigenvalue weighted by molar-refractivity contribution is 8.00. The van der Waals surface area contributed by atoms with E-state index in [9.17, 15) is 13.2 Å². The molecule has 1 aliphatic heterocycles. The number of halogens is 3. The van der Waals surface area contributed by atoms with Crippen molar-refractivity contribution in [3.8, 4) is 0 Å². The monoisotopic (exact) mass is 261 g/mol. The number of benzene rings is 1. The van der Waals surface area contributed by atoms with Crippen LogP contribution < -0.4 is 5.32 Å². The molecule has 94 valence electrons. The third kappa shape index (κ3) is 4.24. The highest BCUT2D eigenvalue weighted by Gasteiger charge is 2.29. The summed E-state index contributed by atoms with van der Waals surface area (Å²) >= 11 is -0.0602. The standard InChI is InChI=1S/C12H14F3NS/c13-12(14,15)17-11-3-1-9(2-4-11)7-10-5-6-16-8-10/h1-4,10,16H,5-8H2. The minimum atomic E-state index is -4.20. The largest absolute Gasteiger partial charge is 0.446 e. The van der Waals surface area contributed by atoms with Gasteiger partial charge in [0.2, 0.25) is 0 Å². The number of hydrogen-bond donors (Lipinski definition) is 1. The molecule has 0 spiro atoms. The lowest BCUT2D eigenvalue weighted by Crippen LogP contribution is -2.10. The fraction of sp³-hybridized carbons (Fsp3) is 0.500. The molecule has 1 aromatic rings. The molecule has 0 bridgehead atoms. The molecule has 5 heteroatoms. The summed E-state index contributed by atoms with van der Waals surface area (Å²) in [5, 5.41) is 3.28. The molecular weight excluding hydrogens is 247 g/mol. The average Bonchev–Trinajstić information content (AvgIpc) is 2.71. The Hall–Kier alpha value is -0.680. The van der Waals surface area contributed by atoms with Crippen LogP contribution in [0.2, 0.25) is 0 Å². The first-order chi connectivity index (χ1) is 8.03. The molecule has 17 heavy (non-hydrogen) atoms. The number of rotatable bonds is 3. The fourth-order valence-electron chi connectivity index (χ4n) is 2.05. The van der Waals surface area contributed by atoms with Gasteiger partial charge < -0.3 is 5.32 Å². The quantitative estimate of drug-likeness (QED) is 0.836. The lowest BCUT2D eigenvalue weighted by atomic mass is 9.99. The molecule has 1 heterocycles. The van der Waals surface area contributed by atoms with Gasteiger partial charge in [0.1, 0.15) is 0 Å². The third-order valence-corrected chi connectivity index (χ3v) is 3.58. The number of alkyl halides is 3. The van der Waals surface area contributed by atoms with Crippen LogP contribution in [0, 0.1) is 5.92 Å². The molecule has 1 fully saturated rings. The van der Waals surface area contributed by atoms with Crippen molar-refractivity contribution in [1.82, 2.24) is 5.32 Å². The molecule has 1 aliphatic rings. The zero-order valence-corrected chi connectivity index (χ0v) is 10.1. The molecule has 0 aliphatic carbocycles. The lowest BCUT2D eigenvalue weighted by Gasteiger charge is -2.09. The van der Waals surface area contributed by atoms with Gasteiger partial charge in [0, 0.05) is 4.90 Å². The van der Waals surface area contributed by atoms with Crippen LogP contribution in [0.4, 0.5) is 13.2 Å². The topological polar surface area (TPSA) is 12.0 Å². The normalized spacial score (nSPS) is 20.8. The van der Waals surface area contributed by atoms with Gasteiger partial charge in [0.15, 0.2) is 0 Å². The van der Waals surface area contributed by atoms with E-state index in [0.717, 1.165) is 31.5 Å². The summed E-state index contributed by atoms with van der Waals surface area (Å²) in [7, 11) is 0. The van der Waals surface area contributed by atoms with Gasteiger partial charge in [0.05, 0.1) is 0 Å². The highest BCUT2D eigenvalue weighted by Crippen LogP contribution is 2.36. The van der Waals surface area contributed by atoms with Crippen LogP contribution in [-0.4, -0.2) is 18.6 Å². The van der Waals surface area contributed by atoms with Gasteiger partial charge in [-0.15, -0.1) is 0 Å². The van der Waals surface area contributed by atoms with E-state index in [1.165, 1.54) is 0 Å². The summed E-state index contributed by atoms with van der Waals surface area (Å²) in [5.74, 6) is 0.621. The van der Waals surface area contributed by atoms with Gasteiger partial charge in [-0.05, 0) is 61.3 Å². The van der Waals surface area contributed by atoms with Crippen molar-refractivity contribution in [2.45, 2.75) is 23.2 Å². The Balaban J connectivity index is 1.93. The summed E-state index contributed by atoms with van der Waals surface area (Å²) < 4.78 is 36.4. The Morgan fingerprint density at radius 2 is 1.94 bits per heavy atom. The van der Waals surface area contributed by atoms with Gasteiger partial charge >= 0.3 is 5.51 Å². The first-order valence-electron chi connectivity index (χ1n) is 5.58. The second-order valence-electron chi connectivity index (χ2n) is 4.25. The van der Waals surface area contributed by atoms with Crippen molar-refractivity contribution in [3.63, 3.8) is 0 Å². The second-order valence-corrected chi connectivity index (χ2v) is 5.39. The van der Waals surface area contributed by atoms with Gasteiger partial charge in [-0.2, -0.15) is 13.2 Å². The van der Waals surface area contributed by atoms with E-state index in [2.05, 4.69) is 5.32 Å². The van der Waals surface area contributed by atoms with Crippen LogP contribution in [-0.2, 0) is 6.42 Å². The van der Waals surface area contributed by atoms with E-state index >= 15 is 0 Å². The maximum Gasteiger partial charge on any atom is 0.446 e. The maximum atomic E-state index is 12.1. The van der Waals surface area contributed by atoms with Crippen molar-refractivity contribution >= 4 is 11.8 Å². The van der Waals surface area contributed by atoms with Crippen molar-refractivity contribution < 1.29 is 13.2 Å². The Morgan fingerprint density at radius 3 is 2.47 bits per heavy atom. The number of thioether (sulfide) groups is 1. The molecule has 1 unspecified atom stereocenters. The Labute approximate surface area is 103 Å².